The number of benzene rings is 11. The Hall–Kier alpha value is -8.63. The Kier molecular flexibility index (Phi) is 11.3. The molecule has 3 heteroatoms. The fraction of sp³-hybridized carbons (Fsp3) is 0.0735. The molecule has 3 N–H and O–H groups in total. The molecule has 0 saturated carbocycles. The summed E-state index contributed by atoms with van der Waals surface area (Å²) < 4.78 is 0. The predicted molar refractivity (Wildman–Crippen MR) is 299 cm³/mol. The third-order valence-electron chi connectivity index (χ3n) is 14.7. The fourth-order valence-corrected chi connectivity index (χ4v) is 10.9. The molecule has 1 atom stereocenters. The van der Waals surface area contributed by atoms with Crippen LogP contribution in [-0.2, 0) is 12.0 Å². The smallest absolute Gasteiger partial charge is 0.126 e. The van der Waals surface area contributed by atoms with Crippen molar-refractivity contribution in [1.29, 1.82) is 5.41 Å². The molecule has 71 heavy (non-hydrogen) atoms. The lowest BCUT2D eigenvalue weighted by molar-refractivity contribution is 0.504. The van der Waals surface area contributed by atoms with Crippen LogP contribution in [0.5, 0.6) is 0 Å². The Morgan fingerprint density at radius 3 is 1.42 bits per heavy atom. The summed E-state index contributed by atoms with van der Waals surface area (Å²) in [5.74, 6) is 0.362. The van der Waals surface area contributed by atoms with E-state index >= 15 is 0 Å². The molecule has 0 aliphatic heterocycles. The number of fused-ring (bicyclic) bond motifs is 5. The van der Waals surface area contributed by atoms with Crippen LogP contribution in [0.25, 0.3) is 88.3 Å². The summed E-state index contributed by atoms with van der Waals surface area (Å²) in [5.41, 5.74) is 20.5. The van der Waals surface area contributed by atoms with Crippen LogP contribution in [0.15, 0.2) is 249 Å². The minimum absolute atomic E-state index is 0.0336. The van der Waals surface area contributed by atoms with E-state index in [1.807, 2.05) is 24.3 Å². The van der Waals surface area contributed by atoms with Gasteiger partial charge in [-0.15, -0.1) is 0 Å². The van der Waals surface area contributed by atoms with Crippen LogP contribution in [0.3, 0.4) is 0 Å². The third-order valence-corrected chi connectivity index (χ3v) is 14.7. The van der Waals surface area contributed by atoms with Crippen molar-refractivity contribution in [3.8, 4) is 66.8 Å². The maximum Gasteiger partial charge on any atom is 0.126 e. The number of amidine groups is 1. The molecule has 0 amide bonds. The summed E-state index contributed by atoms with van der Waals surface area (Å²) >= 11 is 0. The Labute approximate surface area is 416 Å². The van der Waals surface area contributed by atoms with Crippen LogP contribution in [-0.4, -0.2) is 5.84 Å². The molecule has 0 heterocycles. The second kappa shape index (κ2) is 18.4. The number of hydrogen-bond donors (Lipinski definition) is 3. The van der Waals surface area contributed by atoms with Crippen LogP contribution < -0.4 is 10.6 Å². The van der Waals surface area contributed by atoms with Crippen LogP contribution in [0.4, 0.5) is 0 Å². The summed E-state index contributed by atoms with van der Waals surface area (Å²) in [6.07, 6.45) is -0.296. The zero-order chi connectivity index (χ0) is 47.9. The van der Waals surface area contributed by atoms with Gasteiger partial charge in [0.1, 0.15) is 12.0 Å². The molecular formula is C68H53N3. The minimum atomic E-state index is -0.296. The van der Waals surface area contributed by atoms with Crippen molar-refractivity contribution in [2.24, 2.45) is 0 Å². The van der Waals surface area contributed by atoms with Crippen molar-refractivity contribution in [1.82, 2.24) is 10.6 Å². The summed E-state index contributed by atoms with van der Waals surface area (Å²) in [5, 5.41) is 21.3. The maximum absolute atomic E-state index is 9.16. The molecule has 1 aliphatic carbocycles. The number of rotatable bonds is 11. The van der Waals surface area contributed by atoms with Crippen molar-refractivity contribution in [3.05, 3.63) is 277 Å². The van der Waals surface area contributed by atoms with E-state index in [0.29, 0.717) is 12.4 Å². The maximum atomic E-state index is 9.16. The molecule has 12 rings (SSSR count). The number of nitrogens with one attached hydrogen (secondary N) is 3. The van der Waals surface area contributed by atoms with Gasteiger partial charge in [0.25, 0.3) is 0 Å². The van der Waals surface area contributed by atoms with Gasteiger partial charge in [-0.25, -0.2) is 0 Å². The second-order valence-electron chi connectivity index (χ2n) is 19.3. The summed E-state index contributed by atoms with van der Waals surface area (Å²) in [4.78, 5) is 0. The predicted octanol–water partition coefficient (Wildman–Crippen LogP) is 17.0. The summed E-state index contributed by atoms with van der Waals surface area (Å²) in [6.45, 7) is 5.34. The first-order chi connectivity index (χ1) is 34.9. The monoisotopic (exact) mass is 911 g/mol. The van der Waals surface area contributed by atoms with Crippen molar-refractivity contribution in [2.75, 3.05) is 0 Å². The highest BCUT2D eigenvalue weighted by molar-refractivity contribution is 6.12. The molecule has 11 aromatic carbocycles. The standard InChI is InChI=1S/C68H53N3/c1-68(2)64-24-14-13-23-62(64)63-38-37-53(43-65(63)68)48-25-29-49(30-26-48)54-39-41-60(58-21-11-9-19-56(54)58)61-42-40-55(57-20-10-12-22-59(57)61)50-31-35-52(36-32-50)67(70-44-45-15-5-3-6-16-45)71-66(69)51-33-27-47(28-34-51)46-17-7-4-8-18-46/h3-43,67,70H,44H2,1-2H3,(H2,69,71). The first-order valence-electron chi connectivity index (χ1n) is 24.7. The van der Waals surface area contributed by atoms with Gasteiger partial charge in [-0.1, -0.05) is 257 Å². The zero-order valence-electron chi connectivity index (χ0n) is 40.0. The quantitative estimate of drug-likeness (QED) is 0.0688. The largest absolute Gasteiger partial charge is 0.351 e. The van der Waals surface area contributed by atoms with E-state index in [-0.39, 0.29) is 11.6 Å². The molecule has 0 spiro atoms. The van der Waals surface area contributed by atoms with Crippen LogP contribution >= 0.6 is 0 Å². The first kappa shape index (κ1) is 43.6. The van der Waals surface area contributed by atoms with Crippen LogP contribution in [0, 0.1) is 5.41 Å². The van der Waals surface area contributed by atoms with Crippen molar-refractivity contribution in [2.45, 2.75) is 32.0 Å². The van der Waals surface area contributed by atoms with Gasteiger partial charge < -0.3 is 5.32 Å². The average molecular weight is 912 g/mol. The fourth-order valence-electron chi connectivity index (χ4n) is 10.9. The summed E-state index contributed by atoms with van der Waals surface area (Å²) in [6, 6.07) is 89.6. The van der Waals surface area contributed by atoms with Crippen molar-refractivity contribution < 1.29 is 0 Å². The Bertz CT molecular complexity index is 3740. The highest BCUT2D eigenvalue weighted by atomic mass is 15.1. The summed E-state index contributed by atoms with van der Waals surface area (Å²) in [7, 11) is 0. The topological polar surface area (TPSA) is 47.9 Å². The zero-order valence-corrected chi connectivity index (χ0v) is 40.0. The van der Waals surface area contributed by atoms with Gasteiger partial charge >= 0.3 is 0 Å². The van der Waals surface area contributed by atoms with E-state index in [9.17, 15) is 0 Å². The van der Waals surface area contributed by atoms with Gasteiger partial charge in [-0.3, -0.25) is 10.7 Å². The average Bonchev–Trinajstić information content (AvgIpc) is 3.67. The molecule has 0 aromatic heterocycles. The van der Waals surface area contributed by atoms with Crippen molar-refractivity contribution in [3.63, 3.8) is 0 Å². The Balaban J connectivity index is 0.826. The normalized spacial score (nSPS) is 12.9. The van der Waals surface area contributed by atoms with E-state index in [2.05, 4.69) is 249 Å². The van der Waals surface area contributed by atoms with Gasteiger partial charge in [0.2, 0.25) is 0 Å². The highest BCUT2D eigenvalue weighted by Crippen LogP contribution is 2.50. The van der Waals surface area contributed by atoms with E-state index in [1.54, 1.807) is 0 Å². The van der Waals surface area contributed by atoms with Crippen LogP contribution in [0.1, 0.15) is 47.8 Å². The van der Waals surface area contributed by atoms with E-state index in [1.165, 1.54) is 88.3 Å². The molecular weight excluding hydrogens is 859 g/mol. The lowest BCUT2D eigenvalue weighted by atomic mass is 9.81. The molecule has 0 radical (unpaired) electrons. The van der Waals surface area contributed by atoms with E-state index < -0.39 is 0 Å². The van der Waals surface area contributed by atoms with Gasteiger partial charge in [0.15, 0.2) is 0 Å². The molecule has 1 aliphatic rings. The van der Waals surface area contributed by atoms with E-state index in [0.717, 1.165) is 27.8 Å². The van der Waals surface area contributed by atoms with Crippen molar-refractivity contribution >= 4 is 27.4 Å². The lowest BCUT2D eigenvalue weighted by Crippen LogP contribution is -2.37. The molecule has 11 aromatic rings. The lowest BCUT2D eigenvalue weighted by Gasteiger charge is -2.23. The first-order valence-corrected chi connectivity index (χ1v) is 24.7. The molecule has 3 nitrogen and oxygen atoms in total. The molecule has 340 valence electrons. The molecule has 0 saturated heterocycles. The molecule has 0 fully saturated rings. The van der Waals surface area contributed by atoms with E-state index in [4.69, 9.17) is 5.41 Å². The Morgan fingerprint density at radius 1 is 0.380 bits per heavy atom. The third kappa shape index (κ3) is 8.21. The van der Waals surface area contributed by atoms with Gasteiger partial charge in [0, 0.05) is 17.5 Å². The van der Waals surface area contributed by atoms with Crippen LogP contribution in [0.2, 0.25) is 0 Å². The highest BCUT2D eigenvalue weighted by Gasteiger charge is 2.35. The SMILES string of the molecule is CC1(C)c2ccccc2-c2ccc(-c3ccc(-c4ccc(-c5ccc(-c6ccc(C(NCc7ccccc7)NC(=N)c7ccc(-c8ccccc8)cc7)cc6)c6ccccc56)c5ccccc45)cc3)cc21. The molecule has 1 unspecified atom stereocenters. The Morgan fingerprint density at radius 2 is 0.803 bits per heavy atom. The van der Waals surface area contributed by atoms with Gasteiger partial charge in [-0.2, -0.15) is 0 Å². The second-order valence-corrected chi connectivity index (χ2v) is 19.3. The van der Waals surface area contributed by atoms with Gasteiger partial charge in [0.05, 0.1) is 0 Å². The molecule has 0 bridgehead atoms. The van der Waals surface area contributed by atoms with Gasteiger partial charge in [-0.05, 0) is 117 Å². The minimum Gasteiger partial charge on any atom is -0.351 e. The number of hydrogen-bond acceptors (Lipinski definition) is 2.